The summed E-state index contributed by atoms with van der Waals surface area (Å²) < 4.78 is 22.4. The highest BCUT2D eigenvalue weighted by Gasteiger charge is 2.46. The number of aryl methyl sites for hydroxylation is 1. The predicted molar refractivity (Wildman–Crippen MR) is 150 cm³/mol. The quantitative estimate of drug-likeness (QED) is 0.240. The lowest BCUT2D eigenvalue weighted by atomic mass is 9.93. The van der Waals surface area contributed by atoms with E-state index in [0.29, 0.717) is 59.6 Å². The maximum Gasteiger partial charge on any atom is 0.295 e. The fraction of sp³-hybridized carbons (Fsp3) is 0.467. The van der Waals surface area contributed by atoms with E-state index in [0.717, 1.165) is 12.1 Å². The number of aliphatic hydroxyl groups is 1. The number of rotatable bonds is 12. The summed E-state index contributed by atoms with van der Waals surface area (Å²) in [7, 11) is 8.40. The second kappa shape index (κ2) is 12.9. The van der Waals surface area contributed by atoms with Crippen molar-refractivity contribution in [2.75, 3.05) is 55.1 Å². The molecule has 0 unspecified atom stereocenters. The molecule has 0 radical (unpaired) electrons. The molecule has 212 valence electrons. The number of benzene rings is 2. The molecule has 3 rings (SSSR count). The number of carbonyl (C=O) groups is 2. The Balaban J connectivity index is 2.18. The summed E-state index contributed by atoms with van der Waals surface area (Å²) in [6.07, 6.45) is 0.641. The number of amides is 1. The second-order valence-corrected chi connectivity index (χ2v) is 10.3. The second-order valence-electron chi connectivity index (χ2n) is 10.3. The highest BCUT2D eigenvalue weighted by molar-refractivity contribution is 6.46. The molecule has 0 bridgehead atoms. The van der Waals surface area contributed by atoms with E-state index in [1.165, 1.54) is 26.2 Å². The monoisotopic (exact) mass is 540 g/mol. The largest absolute Gasteiger partial charge is 0.507 e. The third kappa shape index (κ3) is 6.47. The average molecular weight is 541 g/mol. The van der Waals surface area contributed by atoms with Gasteiger partial charge in [-0.3, -0.25) is 9.59 Å². The Bertz CT molecular complexity index is 1210. The number of methoxy groups -OCH3 is 3. The number of carbonyl (C=O) groups excluding carboxylic acids is 2. The fourth-order valence-electron chi connectivity index (χ4n) is 4.67. The Hall–Kier alpha value is -3.72. The molecule has 39 heavy (non-hydrogen) atoms. The van der Waals surface area contributed by atoms with Crippen LogP contribution >= 0.6 is 0 Å². The SMILES string of the molecule is COc1cc([C@H]2C(=C(O)c3ccc(OCC(C)C)cc3C)C(=O)C(=O)N2CCCN(C)C)cc(OC)c1OC. The van der Waals surface area contributed by atoms with Crippen LogP contribution < -0.4 is 18.9 Å². The lowest BCUT2D eigenvalue weighted by molar-refractivity contribution is -0.139. The maximum atomic E-state index is 13.5. The Morgan fingerprint density at radius 3 is 2.18 bits per heavy atom. The lowest BCUT2D eigenvalue weighted by Gasteiger charge is -2.27. The number of Topliss-reactive ketones (excluding diaryl/α,β-unsaturated/α-hetero) is 1. The van der Waals surface area contributed by atoms with Crippen LogP contribution in [0.15, 0.2) is 35.9 Å². The number of aliphatic hydroxyl groups excluding tert-OH is 1. The van der Waals surface area contributed by atoms with Crippen molar-refractivity contribution in [3.8, 4) is 23.0 Å². The maximum absolute atomic E-state index is 13.5. The van der Waals surface area contributed by atoms with Gasteiger partial charge in [0.2, 0.25) is 5.75 Å². The molecule has 9 heteroatoms. The first-order chi connectivity index (χ1) is 18.5. The number of hydrogen-bond acceptors (Lipinski definition) is 8. The topological polar surface area (TPSA) is 97.8 Å². The molecule has 9 nitrogen and oxygen atoms in total. The molecule has 0 aromatic heterocycles. The smallest absolute Gasteiger partial charge is 0.295 e. The molecule has 1 atom stereocenters. The zero-order chi connectivity index (χ0) is 28.9. The van der Waals surface area contributed by atoms with Gasteiger partial charge >= 0.3 is 0 Å². The number of ether oxygens (including phenoxy) is 4. The van der Waals surface area contributed by atoms with Gasteiger partial charge in [0, 0.05) is 12.1 Å². The van der Waals surface area contributed by atoms with Gasteiger partial charge in [0.25, 0.3) is 11.7 Å². The van der Waals surface area contributed by atoms with Crippen molar-refractivity contribution in [1.82, 2.24) is 9.80 Å². The van der Waals surface area contributed by atoms with Gasteiger partial charge in [-0.15, -0.1) is 0 Å². The van der Waals surface area contributed by atoms with Gasteiger partial charge in [-0.2, -0.15) is 0 Å². The van der Waals surface area contributed by atoms with Crippen LogP contribution in [0.25, 0.3) is 5.76 Å². The summed E-state index contributed by atoms with van der Waals surface area (Å²) in [6.45, 7) is 7.56. The lowest BCUT2D eigenvalue weighted by Crippen LogP contribution is -2.32. The molecular weight excluding hydrogens is 500 g/mol. The minimum atomic E-state index is -0.850. The molecule has 1 N–H and O–H groups in total. The third-order valence-corrected chi connectivity index (χ3v) is 6.58. The van der Waals surface area contributed by atoms with Crippen LogP contribution in [-0.2, 0) is 9.59 Å². The van der Waals surface area contributed by atoms with Crippen LogP contribution in [0.3, 0.4) is 0 Å². The first-order valence-corrected chi connectivity index (χ1v) is 13.0. The molecule has 0 aliphatic carbocycles. The van der Waals surface area contributed by atoms with Crippen LogP contribution in [0, 0.1) is 12.8 Å². The van der Waals surface area contributed by atoms with Crippen molar-refractivity contribution in [2.45, 2.75) is 33.2 Å². The highest BCUT2D eigenvalue weighted by atomic mass is 16.5. The minimum absolute atomic E-state index is 0.0121. The summed E-state index contributed by atoms with van der Waals surface area (Å²) in [5.41, 5.74) is 1.74. The predicted octanol–water partition coefficient (Wildman–Crippen LogP) is 4.43. The van der Waals surface area contributed by atoms with E-state index in [2.05, 4.69) is 13.8 Å². The van der Waals surface area contributed by atoms with Gasteiger partial charge in [-0.05, 0) is 81.4 Å². The van der Waals surface area contributed by atoms with E-state index < -0.39 is 17.7 Å². The zero-order valence-electron chi connectivity index (χ0n) is 24.2. The molecule has 2 aromatic rings. The summed E-state index contributed by atoms with van der Waals surface area (Å²) >= 11 is 0. The highest BCUT2D eigenvalue weighted by Crippen LogP contribution is 2.46. The minimum Gasteiger partial charge on any atom is -0.507 e. The van der Waals surface area contributed by atoms with Crippen molar-refractivity contribution in [2.24, 2.45) is 5.92 Å². The zero-order valence-corrected chi connectivity index (χ0v) is 24.2. The molecule has 1 amide bonds. The first-order valence-electron chi connectivity index (χ1n) is 13.0. The van der Waals surface area contributed by atoms with E-state index >= 15 is 0 Å². The molecular formula is C30H40N2O7. The van der Waals surface area contributed by atoms with E-state index in [1.807, 2.05) is 32.0 Å². The van der Waals surface area contributed by atoms with Crippen molar-refractivity contribution in [3.05, 3.63) is 52.6 Å². The number of hydrogen-bond donors (Lipinski definition) is 1. The number of nitrogens with zero attached hydrogens (tertiary/aromatic N) is 2. The number of likely N-dealkylation sites (tertiary alicyclic amines) is 1. The molecule has 1 aliphatic heterocycles. The third-order valence-electron chi connectivity index (χ3n) is 6.58. The Kier molecular flexibility index (Phi) is 9.86. The number of ketones is 1. The Morgan fingerprint density at radius 1 is 1.03 bits per heavy atom. The molecule has 1 saturated heterocycles. The van der Waals surface area contributed by atoms with E-state index in [9.17, 15) is 14.7 Å². The van der Waals surface area contributed by atoms with Crippen molar-refractivity contribution in [3.63, 3.8) is 0 Å². The Labute approximate surface area is 230 Å². The van der Waals surface area contributed by atoms with Crippen LogP contribution in [0.1, 0.15) is 43.0 Å². The van der Waals surface area contributed by atoms with E-state index in [1.54, 1.807) is 24.3 Å². The van der Waals surface area contributed by atoms with Gasteiger partial charge in [0.05, 0.1) is 39.6 Å². The summed E-state index contributed by atoms with van der Waals surface area (Å²) in [4.78, 5) is 30.3. The van der Waals surface area contributed by atoms with E-state index in [4.69, 9.17) is 18.9 Å². The van der Waals surface area contributed by atoms with Crippen LogP contribution in [0.5, 0.6) is 23.0 Å². The molecule has 2 aromatic carbocycles. The molecule has 0 saturated carbocycles. The average Bonchev–Trinajstić information content (AvgIpc) is 3.15. The standard InChI is InChI=1S/C30H40N2O7/c1-18(2)17-39-21-10-11-22(19(3)14-21)27(33)25-26(32(30(35)28(25)34)13-9-12-31(4)5)20-15-23(36-6)29(38-8)24(16-20)37-7/h10-11,14-16,18,26,33H,9,12-13,17H2,1-8H3/t26-/m0/s1. The van der Waals surface area contributed by atoms with Gasteiger partial charge < -0.3 is 33.9 Å². The molecule has 1 fully saturated rings. The molecule has 0 spiro atoms. The van der Waals surface area contributed by atoms with Crippen LogP contribution in [0.2, 0.25) is 0 Å². The van der Waals surface area contributed by atoms with Crippen molar-refractivity contribution < 1.29 is 33.6 Å². The van der Waals surface area contributed by atoms with E-state index in [-0.39, 0.29) is 11.3 Å². The fourth-order valence-corrected chi connectivity index (χ4v) is 4.67. The summed E-state index contributed by atoms with van der Waals surface area (Å²) in [5.74, 6) is 0.543. The van der Waals surface area contributed by atoms with Gasteiger partial charge in [-0.25, -0.2) is 0 Å². The van der Waals surface area contributed by atoms with Crippen molar-refractivity contribution >= 4 is 17.4 Å². The molecule has 1 aliphatic rings. The van der Waals surface area contributed by atoms with Crippen LogP contribution in [0.4, 0.5) is 0 Å². The van der Waals surface area contributed by atoms with Gasteiger partial charge in [0.15, 0.2) is 11.5 Å². The summed E-state index contributed by atoms with van der Waals surface area (Å²) in [5, 5.41) is 11.6. The Morgan fingerprint density at radius 2 is 1.67 bits per heavy atom. The first kappa shape index (κ1) is 29.8. The van der Waals surface area contributed by atoms with Crippen molar-refractivity contribution in [1.29, 1.82) is 0 Å². The summed E-state index contributed by atoms with van der Waals surface area (Å²) in [6, 6.07) is 7.86. The van der Waals surface area contributed by atoms with Gasteiger partial charge in [-0.1, -0.05) is 13.8 Å². The van der Waals surface area contributed by atoms with Crippen LogP contribution in [-0.4, -0.2) is 81.7 Å². The molecule has 1 heterocycles. The van der Waals surface area contributed by atoms with Gasteiger partial charge in [0.1, 0.15) is 11.5 Å². The normalized spacial score (nSPS) is 16.8.